The molecule has 0 bridgehead atoms. The fourth-order valence-corrected chi connectivity index (χ4v) is 6.59. The maximum atomic E-state index is 14.5. The molecule has 0 aliphatic carbocycles. The third-order valence-electron chi connectivity index (χ3n) is 7.76. The highest BCUT2D eigenvalue weighted by Gasteiger charge is 2.35. The van der Waals surface area contributed by atoms with Crippen molar-refractivity contribution in [3.05, 3.63) is 130 Å². The third kappa shape index (κ3) is 8.74. The lowest BCUT2D eigenvalue weighted by molar-refractivity contribution is -0.140. The topological polar surface area (TPSA) is 86.8 Å². The van der Waals surface area contributed by atoms with Crippen molar-refractivity contribution in [3.63, 3.8) is 0 Å². The van der Waals surface area contributed by atoms with E-state index in [9.17, 15) is 18.0 Å². The summed E-state index contributed by atoms with van der Waals surface area (Å²) in [6.07, 6.45) is 0.968. The Kier molecular flexibility index (Phi) is 11.4. The maximum absolute atomic E-state index is 14.5. The number of nitrogens with one attached hydrogen (secondary N) is 1. The first-order valence-electron chi connectivity index (χ1n) is 15.0. The molecular formula is C36H40ClN3O4S. The smallest absolute Gasteiger partial charge is 0.264 e. The number of sulfonamides is 1. The molecule has 9 heteroatoms. The van der Waals surface area contributed by atoms with Gasteiger partial charge in [-0.25, -0.2) is 8.42 Å². The summed E-state index contributed by atoms with van der Waals surface area (Å²) in [5, 5.41) is 3.43. The quantitative estimate of drug-likeness (QED) is 0.175. The average molecular weight is 646 g/mol. The van der Waals surface area contributed by atoms with Crippen LogP contribution in [0.4, 0.5) is 5.69 Å². The molecule has 4 aromatic rings. The molecule has 0 heterocycles. The summed E-state index contributed by atoms with van der Waals surface area (Å²) in [6.45, 7) is 7.25. The minimum atomic E-state index is -4.19. The first kappa shape index (κ1) is 33.7. The number of aryl methyl sites for hydroxylation is 2. The zero-order valence-electron chi connectivity index (χ0n) is 26.1. The van der Waals surface area contributed by atoms with E-state index in [-0.39, 0.29) is 35.5 Å². The number of halogens is 1. The highest BCUT2D eigenvalue weighted by molar-refractivity contribution is 7.92. The van der Waals surface area contributed by atoms with E-state index in [0.29, 0.717) is 11.4 Å². The van der Waals surface area contributed by atoms with Gasteiger partial charge < -0.3 is 10.2 Å². The van der Waals surface area contributed by atoms with Crippen molar-refractivity contribution >= 4 is 39.1 Å². The van der Waals surface area contributed by atoms with Gasteiger partial charge in [-0.1, -0.05) is 103 Å². The van der Waals surface area contributed by atoms with Gasteiger partial charge >= 0.3 is 0 Å². The largest absolute Gasteiger partial charge is 0.352 e. The molecule has 0 saturated heterocycles. The Labute approximate surface area is 271 Å². The van der Waals surface area contributed by atoms with Crippen LogP contribution in [-0.4, -0.2) is 43.8 Å². The molecule has 45 heavy (non-hydrogen) atoms. The van der Waals surface area contributed by atoms with Gasteiger partial charge in [-0.3, -0.25) is 13.9 Å². The summed E-state index contributed by atoms with van der Waals surface area (Å²) in [7, 11) is -4.19. The highest BCUT2D eigenvalue weighted by Crippen LogP contribution is 2.29. The zero-order valence-corrected chi connectivity index (χ0v) is 27.7. The first-order chi connectivity index (χ1) is 21.5. The van der Waals surface area contributed by atoms with Crippen LogP contribution in [0.1, 0.15) is 42.5 Å². The van der Waals surface area contributed by atoms with Crippen molar-refractivity contribution < 1.29 is 18.0 Å². The number of anilines is 1. The van der Waals surface area contributed by atoms with Gasteiger partial charge in [-0.15, -0.1) is 0 Å². The SMILES string of the molecule is CC[C@H](C)NC(=O)[C@@H](Cc1ccccc1)N(Cc1cccc(C)c1)C(=O)CN(c1ccc(C)c(Cl)c1)S(=O)(=O)c1ccccc1. The Balaban J connectivity index is 1.82. The van der Waals surface area contributed by atoms with Crippen LogP contribution in [0.2, 0.25) is 5.02 Å². The maximum Gasteiger partial charge on any atom is 0.264 e. The molecule has 0 radical (unpaired) electrons. The molecule has 4 aromatic carbocycles. The molecule has 0 aliphatic rings. The molecule has 0 aromatic heterocycles. The Bertz CT molecular complexity index is 1720. The van der Waals surface area contributed by atoms with E-state index in [1.165, 1.54) is 17.0 Å². The van der Waals surface area contributed by atoms with Gasteiger partial charge in [-0.05, 0) is 68.1 Å². The Hall–Kier alpha value is -4.14. The lowest BCUT2D eigenvalue weighted by Gasteiger charge is -2.34. The van der Waals surface area contributed by atoms with E-state index in [0.717, 1.165) is 26.6 Å². The number of benzene rings is 4. The number of rotatable bonds is 13. The normalized spacial score (nSPS) is 12.6. The van der Waals surface area contributed by atoms with Crippen LogP contribution in [-0.2, 0) is 32.6 Å². The molecule has 7 nitrogen and oxygen atoms in total. The number of carbonyl (C=O) groups is 2. The van der Waals surface area contributed by atoms with Crippen molar-refractivity contribution in [1.29, 1.82) is 0 Å². The van der Waals surface area contributed by atoms with Crippen LogP contribution >= 0.6 is 11.6 Å². The summed E-state index contributed by atoms with van der Waals surface area (Å²) in [6, 6.07) is 29.1. The van der Waals surface area contributed by atoms with Crippen LogP contribution in [0.15, 0.2) is 108 Å². The molecule has 2 amide bonds. The van der Waals surface area contributed by atoms with Gasteiger partial charge in [0.1, 0.15) is 12.6 Å². The fourth-order valence-electron chi connectivity index (χ4n) is 4.99. The van der Waals surface area contributed by atoms with E-state index in [4.69, 9.17) is 11.6 Å². The van der Waals surface area contributed by atoms with Crippen molar-refractivity contribution in [2.45, 2.75) is 64.1 Å². The number of hydrogen-bond acceptors (Lipinski definition) is 4. The van der Waals surface area contributed by atoms with E-state index in [1.807, 2.05) is 82.3 Å². The Morgan fingerprint density at radius 2 is 1.49 bits per heavy atom. The van der Waals surface area contributed by atoms with Crippen LogP contribution in [0.3, 0.4) is 0 Å². The minimum Gasteiger partial charge on any atom is -0.352 e. The van der Waals surface area contributed by atoms with Gasteiger partial charge in [-0.2, -0.15) is 0 Å². The predicted molar refractivity (Wildman–Crippen MR) is 181 cm³/mol. The molecule has 0 fully saturated rings. The average Bonchev–Trinajstić information content (AvgIpc) is 3.03. The zero-order chi connectivity index (χ0) is 32.6. The van der Waals surface area contributed by atoms with Crippen molar-refractivity contribution in [2.24, 2.45) is 0 Å². The highest BCUT2D eigenvalue weighted by atomic mass is 35.5. The van der Waals surface area contributed by atoms with Crippen molar-refractivity contribution in [3.8, 4) is 0 Å². The number of amides is 2. The standard InChI is InChI=1S/C36H40ClN3O4S/c1-5-28(4)38-36(42)34(22-29-14-8-6-9-15-29)39(24-30-16-12-13-26(2)21-30)35(41)25-40(31-20-19-27(3)33(37)23-31)45(43,44)32-17-10-7-11-18-32/h6-21,23,28,34H,5,22,24-25H2,1-4H3,(H,38,42)/t28-,34+/m0/s1. The van der Waals surface area contributed by atoms with Crippen molar-refractivity contribution in [2.75, 3.05) is 10.8 Å². The second-order valence-corrected chi connectivity index (χ2v) is 13.6. The second kappa shape index (κ2) is 15.2. The van der Waals surface area contributed by atoms with Gasteiger partial charge in [0, 0.05) is 24.0 Å². The molecular weight excluding hydrogens is 606 g/mol. The van der Waals surface area contributed by atoms with E-state index >= 15 is 0 Å². The summed E-state index contributed by atoms with van der Waals surface area (Å²) < 4.78 is 29.3. The molecule has 2 atom stereocenters. The molecule has 4 rings (SSSR count). The van der Waals surface area contributed by atoms with Crippen molar-refractivity contribution in [1.82, 2.24) is 10.2 Å². The van der Waals surface area contributed by atoms with Gasteiger partial charge in [0.2, 0.25) is 11.8 Å². The predicted octanol–water partition coefficient (Wildman–Crippen LogP) is 6.71. The minimum absolute atomic E-state index is 0.0371. The van der Waals surface area contributed by atoms with Gasteiger partial charge in [0.05, 0.1) is 10.6 Å². The van der Waals surface area contributed by atoms with Crippen LogP contribution < -0.4 is 9.62 Å². The Morgan fingerprint density at radius 1 is 0.844 bits per heavy atom. The molecule has 0 aliphatic heterocycles. The van der Waals surface area contributed by atoms with E-state index < -0.39 is 28.5 Å². The number of nitrogens with zero attached hydrogens (tertiary/aromatic N) is 2. The molecule has 1 N–H and O–H groups in total. The molecule has 0 spiro atoms. The monoisotopic (exact) mass is 645 g/mol. The Morgan fingerprint density at radius 3 is 2.11 bits per heavy atom. The fraction of sp³-hybridized carbons (Fsp3) is 0.278. The summed E-state index contributed by atoms with van der Waals surface area (Å²) in [5.74, 6) is -0.821. The lowest BCUT2D eigenvalue weighted by atomic mass is 10.0. The van der Waals surface area contributed by atoms with Gasteiger partial charge in [0.15, 0.2) is 0 Å². The van der Waals surface area contributed by atoms with Crippen LogP contribution in [0.25, 0.3) is 0 Å². The van der Waals surface area contributed by atoms with E-state index in [1.54, 1.807) is 36.4 Å². The lowest BCUT2D eigenvalue weighted by Crippen LogP contribution is -2.54. The summed E-state index contributed by atoms with van der Waals surface area (Å²) in [5.41, 5.74) is 3.74. The number of hydrogen-bond donors (Lipinski definition) is 1. The van der Waals surface area contributed by atoms with Crippen LogP contribution in [0.5, 0.6) is 0 Å². The van der Waals surface area contributed by atoms with Gasteiger partial charge in [0.25, 0.3) is 10.0 Å². The molecule has 0 saturated carbocycles. The molecule has 236 valence electrons. The number of carbonyl (C=O) groups excluding carboxylic acids is 2. The molecule has 0 unspecified atom stereocenters. The first-order valence-corrected chi connectivity index (χ1v) is 16.8. The third-order valence-corrected chi connectivity index (χ3v) is 9.96. The van der Waals surface area contributed by atoms with Crippen LogP contribution in [0, 0.1) is 13.8 Å². The second-order valence-electron chi connectivity index (χ2n) is 11.3. The van der Waals surface area contributed by atoms with E-state index in [2.05, 4.69) is 5.32 Å². The summed E-state index contributed by atoms with van der Waals surface area (Å²) >= 11 is 6.45. The summed E-state index contributed by atoms with van der Waals surface area (Å²) in [4.78, 5) is 30.0.